The van der Waals surface area contributed by atoms with Gasteiger partial charge >= 0.3 is 0 Å². The Kier molecular flexibility index (Phi) is 3.02. The highest BCUT2D eigenvalue weighted by Gasteiger charge is 2.49. The van der Waals surface area contributed by atoms with Crippen molar-refractivity contribution in [2.24, 2.45) is 0 Å². The summed E-state index contributed by atoms with van der Waals surface area (Å²) in [5.74, 6) is -0.156. The third kappa shape index (κ3) is 1.64. The topological polar surface area (TPSA) is 42.3 Å². The van der Waals surface area contributed by atoms with Gasteiger partial charge in [-0.15, -0.1) is 0 Å². The van der Waals surface area contributed by atoms with Crippen molar-refractivity contribution in [1.29, 1.82) is 0 Å². The molecule has 1 aromatic heterocycles. The number of aromatic nitrogens is 1. The first kappa shape index (κ1) is 13.2. The Morgan fingerprint density at radius 1 is 1.26 bits per heavy atom. The van der Waals surface area contributed by atoms with Crippen molar-refractivity contribution in [2.45, 2.75) is 37.8 Å². The highest BCUT2D eigenvalue weighted by atomic mass is 79.9. The molecule has 1 aliphatic carbocycles. The molecule has 2 heterocycles. The van der Waals surface area contributed by atoms with Crippen molar-refractivity contribution in [3.8, 4) is 0 Å². The molecule has 0 bridgehead atoms. The summed E-state index contributed by atoms with van der Waals surface area (Å²) in [5, 5.41) is 0.339. The van der Waals surface area contributed by atoms with E-state index in [2.05, 4.69) is 15.9 Å². The van der Waals surface area contributed by atoms with Crippen LogP contribution < -0.4 is 5.56 Å². The lowest BCUT2D eigenvalue weighted by Gasteiger charge is -2.40. The molecule has 0 N–H and O–H groups in total. The summed E-state index contributed by atoms with van der Waals surface area (Å²) in [5.41, 5.74) is -0.354. The second kappa shape index (κ2) is 4.35. The Hall–Kier alpha value is -0.810. The van der Waals surface area contributed by atoms with Gasteiger partial charge in [0.25, 0.3) is 11.5 Å². The average molecular weight is 346 g/mol. The molecule has 3 rings (SSSR count). The first-order chi connectivity index (χ1) is 8.99. The summed E-state index contributed by atoms with van der Waals surface area (Å²) in [6, 6.07) is 1.52. The first-order valence-electron chi connectivity index (χ1n) is 6.39. The van der Waals surface area contributed by atoms with Gasteiger partial charge in [-0.2, -0.15) is 0 Å². The van der Waals surface area contributed by atoms with Crippen LogP contribution in [0.5, 0.6) is 0 Å². The summed E-state index contributed by atoms with van der Waals surface area (Å²) in [4.78, 5) is 26.6. The zero-order valence-corrected chi connectivity index (χ0v) is 12.9. The smallest absolute Gasteiger partial charge is 0.273 e. The summed E-state index contributed by atoms with van der Waals surface area (Å²) < 4.78 is 2.02. The Balaban J connectivity index is 2.34. The van der Waals surface area contributed by atoms with E-state index in [0.29, 0.717) is 15.2 Å². The maximum Gasteiger partial charge on any atom is 0.273 e. The lowest BCUT2D eigenvalue weighted by atomic mass is 9.88. The maximum absolute atomic E-state index is 12.5. The molecule has 0 unspecified atom stereocenters. The van der Waals surface area contributed by atoms with E-state index < -0.39 is 5.66 Å². The summed E-state index contributed by atoms with van der Waals surface area (Å²) in [7, 11) is 1.77. The summed E-state index contributed by atoms with van der Waals surface area (Å²) >= 11 is 9.41. The molecular weight excluding hydrogens is 332 g/mol. The number of rotatable bonds is 0. The zero-order chi connectivity index (χ0) is 13.8. The van der Waals surface area contributed by atoms with Gasteiger partial charge in [0.2, 0.25) is 0 Å². The molecule has 2 aliphatic rings. The highest BCUT2D eigenvalue weighted by molar-refractivity contribution is 9.10. The molecule has 1 aliphatic heterocycles. The van der Waals surface area contributed by atoms with Gasteiger partial charge in [-0.25, -0.2) is 0 Å². The standard InChI is InChI=1S/C13H14BrClN2O2/c1-16-12(19)10-9(15)7-8(14)11(18)17(10)13(16)5-3-2-4-6-13/h7H,2-6H2,1H3. The number of pyridine rings is 1. The summed E-state index contributed by atoms with van der Waals surface area (Å²) in [6.45, 7) is 0. The van der Waals surface area contributed by atoms with Crippen molar-refractivity contribution in [1.82, 2.24) is 9.47 Å². The molecular formula is C13H14BrClN2O2. The van der Waals surface area contributed by atoms with Crippen molar-refractivity contribution in [2.75, 3.05) is 7.05 Å². The van der Waals surface area contributed by atoms with Crippen LogP contribution in [0.2, 0.25) is 5.02 Å². The Morgan fingerprint density at radius 3 is 2.53 bits per heavy atom. The van der Waals surface area contributed by atoms with Gasteiger partial charge in [-0.05, 0) is 47.7 Å². The van der Waals surface area contributed by atoms with Gasteiger partial charge in [-0.1, -0.05) is 18.0 Å². The molecule has 1 spiro atoms. The molecule has 6 heteroatoms. The molecule has 0 saturated heterocycles. The molecule has 19 heavy (non-hydrogen) atoms. The number of halogens is 2. The van der Waals surface area contributed by atoms with Crippen LogP contribution >= 0.6 is 27.5 Å². The van der Waals surface area contributed by atoms with Gasteiger partial charge in [0.1, 0.15) is 11.4 Å². The van der Waals surface area contributed by atoms with Crippen LogP contribution in [0.25, 0.3) is 0 Å². The molecule has 1 saturated carbocycles. The fourth-order valence-corrected chi connectivity index (χ4v) is 4.14. The number of hydrogen-bond donors (Lipinski definition) is 0. The SMILES string of the molecule is CN1C(=O)c2c(Cl)cc(Br)c(=O)n2C12CCCCC2. The minimum absolute atomic E-state index is 0.156. The lowest BCUT2D eigenvalue weighted by molar-refractivity contribution is 0.0271. The molecule has 0 radical (unpaired) electrons. The van der Waals surface area contributed by atoms with E-state index in [0.717, 1.165) is 32.1 Å². The van der Waals surface area contributed by atoms with E-state index in [1.807, 2.05) is 0 Å². The molecule has 4 nitrogen and oxygen atoms in total. The normalized spacial score (nSPS) is 21.0. The molecule has 102 valence electrons. The van der Waals surface area contributed by atoms with Crippen LogP contribution in [0.4, 0.5) is 0 Å². The molecule has 0 atom stereocenters. The number of amides is 1. The zero-order valence-electron chi connectivity index (χ0n) is 10.6. The quantitative estimate of drug-likeness (QED) is 0.725. The Morgan fingerprint density at radius 2 is 1.89 bits per heavy atom. The fourth-order valence-electron chi connectivity index (χ4n) is 3.33. The first-order valence-corrected chi connectivity index (χ1v) is 7.56. The Labute approximate surface area is 124 Å². The van der Waals surface area contributed by atoms with Crippen LogP contribution in [0.3, 0.4) is 0 Å². The van der Waals surface area contributed by atoms with Crippen molar-refractivity contribution in [3.63, 3.8) is 0 Å². The minimum Gasteiger partial charge on any atom is -0.317 e. The summed E-state index contributed by atoms with van der Waals surface area (Å²) in [6.07, 6.45) is 4.82. The third-order valence-electron chi connectivity index (χ3n) is 4.31. The molecule has 1 fully saturated rings. The third-order valence-corrected chi connectivity index (χ3v) is 5.17. The predicted molar refractivity (Wildman–Crippen MR) is 76.6 cm³/mol. The minimum atomic E-state index is -0.519. The molecule has 1 amide bonds. The van der Waals surface area contributed by atoms with E-state index in [4.69, 9.17) is 11.6 Å². The number of nitrogens with zero attached hydrogens (tertiary/aromatic N) is 2. The second-order valence-electron chi connectivity index (χ2n) is 5.24. The number of fused-ring (bicyclic) bond motifs is 2. The maximum atomic E-state index is 12.5. The van der Waals surface area contributed by atoms with Crippen molar-refractivity contribution >= 4 is 33.4 Å². The fraction of sp³-hybridized carbons (Fsp3) is 0.538. The number of carbonyl (C=O) groups excluding carboxylic acids is 1. The second-order valence-corrected chi connectivity index (χ2v) is 6.50. The van der Waals surface area contributed by atoms with Crippen LogP contribution in [0, 0.1) is 0 Å². The number of hydrogen-bond acceptors (Lipinski definition) is 2. The van der Waals surface area contributed by atoms with Gasteiger partial charge < -0.3 is 4.90 Å². The molecule has 1 aromatic rings. The van der Waals surface area contributed by atoms with Gasteiger partial charge in [-0.3, -0.25) is 14.2 Å². The lowest BCUT2D eigenvalue weighted by Crippen LogP contribution is -2.49. The van der Waals surface area contributed by atoms with Crippen LogP contribution in [0.15, 0.2) is 15.3 Å². The monoisotopic (exact) mass is 344 g/mol. The van der Waals surface area contributed by atoms with Crippen LogP contribution in [-0.2, 0) is 5.66 Å². The van der Waals surface area contributed by atoms with Gasteiger partial charge in [0.05, 0.1) is 9.50 Å². The highest BCUT2D eigenvalue weighted by Crippen LogP contribution is 2.43. The van der Waals surface area contributed by atoms with Crippen molar-refractivity contribution in [3.05, 3.63) is 31.6 Å². The van der Waals surface area contributed by atoms with Crippen LogP contribution in [-0.4, -0.2) is 22.4 Å². The Bertz CT molecular complexity index is 620. The number of carbonyl (C=O) groups is 1. The molecule has 0 aromatic carbocycles. The van der Waals surface area contributed by atoms with E-state index in [1.54, 1.807) is 16.5 Å². The van der Waals surface area contributed by atoms with E-state index in [9.17, 15) is 9.59 Å². The van der Waals surface area contributed by atoms with Gasteiger partial charge in [0.15, 0.2) is 0 Å². The average Bonchev–Trinajstić information content (AvgIpc) is 2.60. The van der Waals surface area contributed by atoms with E-state index in [1.165, 1.54) is 6.07 Å². The predicted octanol–water partition coefficient (Wildman–Crippen LogP) is 2.97. The largest absolute Gasteiger partial charge is 0.317 e. The van der Waals surface area contributed by atoms with E-state index in [-0.39, 0.29) is 11.5 Å². The van der Waals surface area contributed by atoms with Crippen molar-refractivity contribution < 1.29 is 4.79 Å². The van der Waals surface area contributed by atoms with Crippen LogP contribution in [0.1, 0.15) is 42.6 Å². The van der Waals surface area contributed by atoms with E-state index >= 15 is 0 Å². The van der Waals surface area contributed by atoms with Gasteiger partial charge in [0, 0.05) is 7.05 Å².